The second-order valence-corrected chi connectivity index (χ2v) is 2.60. The first-order chi connectivity index (χ1) is 6.22. The molecule has 1 heterocycles. The molecule has 0 aliphatic rings. The van der Waals surface area contributed by atoms with Gasteiger partial charge in [-0.25, -0.2) is 4.98 Å². The monoisotopic (exact) mass is 181 g/mol. The van der Waals surface area contributed by atoms with Crippen LogP contribution in [0.25, 0.3) is 0 Å². The molecule has 0 fully saturated rings. The number of carboxylic acids is 1. The Labute approximate surface area is 76.2 Å². The van der Waals surface area contributed by atoms with E-state index in [4.69, 9.17) is 9.84 Å². The summed E-state index contributed by atoms with van der Waals surface area (Å²) in [4.78, 5) is 14.2. The van der Waals surface area contributed by atoms with Crippen LogP contribution < -0.4 is 4.74 Å². The van der Waals surface area contributed by atoms with Gasteiger partial charge in [0.1, 0.15) is 0 Å². The van der Waals surface area contributed by atoms with Crippen molar-refractivity contribution >= 4 is 5.97 Å². The van der Waals surface area contributed by atoms with Crippen LogP contribution in [0, 0.1) is 0 Å². The van der Waals surface area contributed by atoms with Crippen molar-refractivity contribution in [1.82, 2.24) is 4.98 Å². The second-order valence-electron chi connectivity index (χ2n) is 2.60. The maximum Gasteiger partial charge on any atom is 0.303 e. The number of ether oxygens (including phenoxy) is 1. The molecule has 0 spiro atoms. The minimum atomic E-state index is -0.796. The number of hydrogen-bond acceptors (Lipinski definition) is 3. The van der Waals surface area contributed by atoms with Crippen LogP contribution in [0.3, 0.4) is 0 Å². The summed E-state index contributed by atoms with van der Waals surface area (Å²) in [6.07, 6.45) is 2.27. The largest absolute Gasteiger partial charge is 0.481 e. The van der Waals surface area contributed by atoms with E-state index in [0.717, 1.165) is 5.56 Å². The maximum atomic E-state index is 10.3. The lowest BCUT2D eigenvalue weighted by molar-refractivity contribution is -0.136. The van der Waals surface area contributed by atoms with Crippen LogP contribution in [0.15, 0.2) is 18.3 Å². The van der Waals surface area contributed by atoms with E-state index in [9.17, 15) is 4.79 Å². The van der Waals surface area contributed by atoms with Gasteiger partial charge >= 0.3 is 5.97 Å². The second kappa shape index (κ2) is 4.45. The summed E-state index contributed by atoms with van der Waals surface area (Å²) in [6.45, 7) is 0. The van der Waals surface area contributed by atoms with E-state index in [0.29, 0.717) is 12.3 Å². The molecule has 0 aliphatic carbocycles. The Morgan fingerprint density at radius 3 is 2.85 bits per heavy atom. The van der Waals surface area contributed by atoms with Crippen molar-refractivity contribution in [3.8, 4) is 5.88 Å². The highest BCUT2D eigenvalue weighted by Crippen LogP contribution is 2.08. The van der Waals surface area contributed by atoms with Crippen molar-refractivity contribution in [3.05, 3.63) is 23.9 Å². The number of carbonyl (C=O) groups is 1. The van der Waals surface area contributed by atoms with Crippen molar-refractivity contribution in [2.75, 3.05) is 7.11 Å². The first-order valence-electron chi connectivity index (χ1n) is 3.93. The number of hydrogen-bond donors (Lipinski definition) is 1. The van der Waals surface area contributed by atoms with Crippen LogP contribution in [0.1, 0.15) is 12.0 Å². The molecule has 0 radical (unpaired) electrons. The molecule has 1 aromatic rings. The Balaban J connectivity index is 2.54. The fraction of sp³-hybridized carbons (Fsp3) is 0.333. The SMILES string of the molecule is COc1ccc(CCC(=O)O)cn1. The van der Waals surface area contributed by atoms with E-state index in [2.05, 4.69) is 4.98 Å². The van der Waals surface area contributed by atoms with Gasteiger partial charge in [0.25, 0.3) is 0 Å². The molecule has 0 bridgehead atoms. The van der Waals surface area contributed by atoms with Crippen molar-refractivity contribution in [3.63, 3.8) is 0 Å². The van der Waals surface area contributed by atoms with Gasteiger partial charge in [-0.3, -0.25) is 4.79 Å². The molecule has 0 saturated carbocycles. The third kappa shape index (κ3) is 3.11. The van der Waals surface area contributed by atoms with E-state index < -0.39 is 5.97 Å². The van der Waals surface area contributed by atoms with Crippen LogP contribution in [-0.2, 0) is 11.2 Å². The highest BCUT2D eigenvalue weighted by molar-refractivity contribution is 5.67. The molecule has 13 heavy (non-hydrogen) atoms. The number of nitrogens with zero attached hydrogens (tertiary/aromatic N) is 1. The summed E-state index contributed by atoms with van der Waals surface area (Å²) in [5, 5.41) is 8.43. The third-order valence-electron chi connectivity index (χ3n) is 1.63. The van der Waals surface area contributed by atoms with Gasteiger partial charge in [-0.1, -0.05) is 6.07 Å². The quantitative estimate of drug-likeness (QED) is 0.755. The van der Waals surface area contributed by atoms with Crippen molar-refractivity contribution in [1.29, 1.82) is 0 Å². The number of rotatable bonds is 4. The zero-order valence-electron chi connectivity index (χ0n) is 7.36. The van der Waals surface area contributed by atoms with Crippen molar-refractivity contribution in [2.24, 2.45) is 0 Å². The Morgan fingerprint density at radius 2 is 2.38 bits per heavy atom. The number of pyridine rings is 1. The van der Waals surface area contributed by atoms with Crippen LogP contribution in [0.2, 0.25) is 0 Å². The first kappa shape index (κ1) is 9.51. The van der Waals surface area contributed by atoms with Gasteiger partial charge in [0, 0.05) is 18.7 Å². The fourth-order valence-corrected chi connectivity index (χ4v) is 0.931. The number of aryl methyl sites for hydroxylation is 1. The van der Waals surface area contributed by atoms with Gasteiger partial charge in [-0.2, -0.15) is 0 Å². The lowest BCUT2D eigenvalue weighted by Gasteiger charge is -2.00. The summed E-state index contributed by atoms with van der Waals surface area (Å²) in [6, 6.07) is 3.53. The molecule has 0 saturated heterocycles. The average Bonchev–Trinajstić information content (AvgIpc) is 2.15. The minimum Gasteiger partial charge on any atom is -0.481 e. The van der Waals surface area contributed by atoms with Gasteiger partial charge in [0.2, 0.25) is 5.88 Å². The first-order valence-corrected chi connectivity index (χ1v) is 3.93. The number of methoxy groups -OCH3 is 1. The third-order valence-corrected chi connectivity index (χ3v) is 1.63. The molecule has 1 N–H and O–H groups in total. The van der Waals surface area contributed by atoms with Crippen LogP contribution in [-0.4, -0.2) is 23.2 Å². The van der Waals surface area contributed by atoms with Gasteiger partial charge < -0.3 is 9.84 Å². The molecule has 0 unspecified atom stereocenters. The average molecular weight is 181 g/mol. The summed E-state index contributed by atoms with van der Waals surface area (Å²) in [7, 11) is 1.54. The van der Waals surface area contributed by atoms with Crippen LogP contribution in [0.4, 0.5) is 0 Å². The predicted molar refractivity (Wildman–Crippen MR) is 46.7 cm³/mol. The molecule has 0 aliphatic heterocycles. The molecule has 70 valence electrons. The highest BCUT2D eigenvalue weighted by atomic mass is 16.5. The van der Waals surface area contributed by atoms with E-state index in [-0.39, 0.29) is 6.42 Å². The lowest BCUT2D eigenvalue weighted by atomic mass is 10.2. The topological polar surface area (TPSA) is 59.4 Å². The van der Waals surface area contributed by atoms with Crippen molar-refractivity contribution < 1.29 is 14.6 Å². The van der Waals surface area contributed by atoms with E-state index >= 15 is 0 Å². The number of aliphatic carboxylic acids is 1. The maximum absolute atomic E-state index is 10.3. The van der Waals surface area contributed by atoms with Gasteiger partial charge in [-0.05, 0) is 12.0 Å². The van der Waals surface area contributed by atoms with Gasteiger partial charge in [0.15, 0.2) is 0 Å². The van der Waals surface area contributed by atoms with Gasteiger partial charge in [0.05, 0.1) is 7.11 Å². The number of aromatic nitrogens is 1. The molecular weight excluding hydrogens is 170 g/mol. The highest BCUT2D eigenvalue weighted by Gasteiger charge is 1.99. The van der Waals surface area contributed by atoms with E-state index in [1.807, 2.05) is 6.07 Å². The van der Waals surface area contributed by atoms with Crippen LogP contribution in [0.5, 0.6) is 5.88 Å². The summed E-state index contributed by atoms with van der Waals surface area (Å²) in [5.74, 6) is -0.255. The Kier molecular flexibility index (Phi) is 3.25. The standard InChI is InChI=1S/C9H11NO3/c1-13-8-4-2-7(6-10-8)3-5-9(11)12/h2,4,6H,3,5H2,1H3,(H,11,12). The molecule has 0 amide bonds. The Bertz CT molecular complexity index is 281. The smallest absolute Gasteiger partial charge is 0.303 e. The van der Waals surface area contributed by atoms with Crippen molar-refractivity contribution in [2.45, 2.75) is 12.8 Å². The predicted octanol–water partition coefficient (Wildman–Crippen LogP) is 1.11. The summed E-state index contributed by atoms with van der Waals surface area (Å²) >= 11 is 0. The molecule has 4 heteroatoms. The van der Waals surface area contributed by atoms with Gasteiger partial charge in [-0.15, -0.1) is 0 Å². The minimum absolute atomic E-state index is 0.133. The van der Waals surface area contributed by atoms with Crippen LogP contribution >= 0.6 is 0 Å². The van der Waals surface area contributed by atoms with E-state index in [1.165, 1.54) is 0 Å². The molecule has 0 aromatic carbocycles. The zero-order chi connectivity index (χ0) is 9.68. The summed E-state index contributed by atoms with van der Waals surface area (Å²) < 4.78 is 4.87. The molecule has 1 aromatic heterocycles. The molecular formula is C9H11NO3. The van der Waals surface area contributed by atoms with E-state index in [1.54, 1.807) is 19.4 Å². The Morgan fingerprint density at radius 1 is 1.62 bits per heavy atom. The normalized spacial score (nSPS) is 9.62. The molecule has 0 atom stereocenters. The number of carboxylic acid groups (broad SMARTS) is 1. The summed E-state index contributed by atoms with van der Waals surface area (Å²) in [5.41, 5.74) is 0.906. The Hall–Kier alpha value is -1.58. The lowest BCUT2D eigenvalue weighted by Crippen LogP contribution is -1.98. The molecule has 4 nitrogen and oxygen atoms in total. The fourth-order valence-electron chi connectivity index (χ4n) is 0.931. The molecule has 1 rings (SSSR count). The zero-order valence-corrected chi connectivity index (χ0v) is 7.36.